The first-order valence-electron chi connectivity index (χ1n) is 11.3. The highest BCUT2D eigenvalue weighted by molar-refractivity contribution is 5.89. The topological polar surface area (TPSA) is 64.2 Å². The third kappa shape index (κ3) is 3.42. The number of carbonyl (C=O) groups is 1. The average Bonchev–Trinajstić information content (AvgIpc) is 3.28. The molecular formula is C24H30N4O2. The number of amides is 1. The van der Waals surface area contributed by atoms with Crippen LogP contribution in [-0.4, -0.2) is 38.7 Å². The molecule has 2 aliphatic rings. The van der Waals surface area contributed by atoms with Gasteiger partial charge in [0.1, 0.15) is 17.2 Å². The quantitative estimate of drug-likeness (QED) is 0.650. The van der Waals surface area contributed by atoms with Gasteiger partial charge in [0.25, 0.3) is 0 Å². The minimum atomic E-state index is 0.177. The molecule has 0 saturated carbocycles. The van der Waals surface area contributed by atoms with Gasteiger partial charge in [0.15, 0.2) is 0 Å². The number of aromatic nitrogens is 3. The van der Waals surface area contributed by atoms with E-state index in [2.05, 4.69) is 40.7 Å². The Hall–Kier alpha value is -2.63. The van der Waals surface area contributed by atoms with Crippen LogP contribution in [0.25, 0.3) is 11.0 Å². The van der Waals surface area contributed by atoms with Crippen LogP contribution in [-0.2, 0) is 24.2 Å². The van der Waals surface area contributed by atoms with E-state index >= 15 is 0 Å². The van der Waals surface area contributed by atoms with Crippen molar-refractivity contribution < 1.29 is 9.21 Å². The summed E-state index contributed by atoms with van der Waals surface area (Å²) < 4.78 is 8.14. The summed E-state index contributed by atoms with van der Waals surface area (Å²) in [5, 5.41) is 10.1. The van der Waals surface area contributed by atoms with E-state index in [4.69, 9.17) is 4.42 Å². The second kappa shape index (κ2) is 7.89. The molecule has 0 radical (unpaired) electrons. The molecule has 2 aliphatic heterocycles. The van der Waals surface area contributed by atoms with Crippen molar-refractivity contribution in [2.75, 3.05) is 13.1 Å². The minimum Gasteiger partial charge on any atom is -0.464 e. The van der Waals surface area contributed by atoms with Crippen LogP contribution in [0.2, 0.25) is 0 Å². The second-order valence-corrected chi connectivity index (χ2v) is 8.94. The van der Waals surface area contributed by atoms with E-state index in [0.717, 1.165) is 72.6 Å². The molecule has 0 aliphatic carbocycles. The fourth-order valence-electron chi connectivity index (χ4n) is 5.02. The van der Waals surface area contributed by atoms with Gasteiger partial charge in [-0.1, -0.05) is 18.6 Å². The molecule has 158 valence electrons. The van der Waals surface area contributed by atoms with Crippen molar-refractivity contribution >= 4 is 16.9 Å². The summed E-state index contributed by atoms with van der Waals surface area (Å²) in [4.78, 5) is 15.2. The number of fused-ring (bicyclic) bond motifs is 2. The van der Waals surface area contributed by atoms with E-state index in [1.807, 2.05) is 4.90 Å². The van der Waals surface area contributed by atoms with Crippen molar-refractivity contribution in [3.63, 3.8) is 0 Å². The predicted molar refractivity (Wildman–Crippen MR) is 116 cm³/mol. The Labute approximate surface area is 177 Å². The first kappa shape index (κ1) is 19.3. The summed E-state index contributed by atoms with van der Waals surface area (Å²) in [6.07, 6.45) is 8.92. The van der Waals surface area contributed by atoms with Crippen molar-refractivity contribution in [1.29, 1.82) is 0 Å². The highest BCUT2D eigenvalue weighted by Gasteiger charge is 2.29. The lowest BCUT2D eigenvalue weighted by atomic mass is 9.96. The monoisotopic (exact) mass is 406 g/mol. The summed E-state index contributed by atoms with van der Waals surface area (Å²) in [5.74, 6) is 2.68. The molecule has 4 heterocycles. The van der Waals surface area contributed by atoms with Crippen LogP contribution in [0.5, 0.6) is 0 Å². The molecular weight excluding hydrogens is 376 g/mol. The van der Waals surface area contributed by atoms with Crippen molar-refractivity contribution in [2.24, 2.45) is 0 Å². The summed E-state index contributed by atoms with van der Waals surface area (Å²) in [7, 11) is 0. The zero-order valence-electron chi connectivity index (χ0n) is 18.0. The van der Waals surface area contributed by atoms with Gasteiger partial charge in [0, 0.05) is 42.9 Å². The lowest BCUT2D eigenvalue weighted by Crippen LogP contribution is -2.40. The molecule has 0 N–H and O–H groups in total. The highest BCUT2D eigenvalue weighted by Crippen LogP contribution is 2.30. The Kier molecular flexibility index (Phi) is 5.09. The van der Waals surface area contributed by atoms with Gasteiger partial charge in [-0.2, -0.15) is 0 Å². The summed E-state index contributed by atoms with van der Waals surface area (Å²) >= 11 is 0. The third-order valence-corrected chi connectivity index (χ3v) is 6.96. The molecule has 30 heavy (non-hydrogen) atoms. The number of nitrogens with zero attached hydrogens (tertiary/aromatic N) is 4. The smallest absolute Gasteiger partial charge is 0.227 e. The highest BCUT2D eigenvalue weighted by atomic mass is 16.3. The zero-order valence-corrected chi connectivity index (χ0v) is 18.0. The van der Waals surface area contributed by atoms with Crippen LogP contribution >= 0.6 is 0 Å². The fourth-order valence-corrected chi connectivity index (χ4v) is 5.02. The Morgan fingerprint density at radius 3 is 2.93 bits per heavy atom. The summed E-state index contributed by atoms with van der Waals surface area (Å²) in [6.45, 7) is 6.74. The number of furan rings is 1. The first-order valence-corrected chi connectivity index (χ1v) is 11.3. The molecule has 6 nitrogen and oxygen atoms in total. The van der Waals surface area contributed by atoms with E-state index in [-0.39, 0.29) is 11.8 Å². The van der Waals surface area contributed by atoms with Crippen LogP contribution in [0.3, 0.4) is 0 Å². The maximum absolute atomic E-state index is 13.2. The maximum Gasteiger partial charge on any atom is 0.227 e. The van der Waals surface area contributed by atoms with E-state index in [9.17, 15) is 4.79 Å². The van der Waals surface area contributed by atoms with E-state index in [1.54, 1.807) is 6.26 Å². The fraction of sp³-hybridized carbons (Fsp3) is 0.542. The molecule has 1 atom stereocenters. The number of hydrogen-bond acceptors (Lipinski definition) is 4. The third-order valence-electron chi connectivity index (χ3n) is 6.96. The van der Waals surface area contributed by atoms with Crippen molar-refractivity contribution in [2.45, 2.75) is 71.3 Å². The van der Waals surface area contributed by atoms with Crippen molar-refractivity contribution in [1.82, 2.24) is 19.7 Å². The largest absolute Gasteiger partial charge is 0.464 e. The molecule has 6 heteroatoms. The van der Waals surface area contributed by atoms with E-state index in [0.29, 0.717) is 6.42 Å². The number of hydrogen-bond donors (Lipinski definition) is 0. The Morgan fingerprint density at radius 2 is 2.03 bits per heavy atom. The van der Waals surface area contributed by atoms with Crippen LogP contribution in [0.4, 0.5) is 0 Å². The molecule has 0 bridgehead atoms. The number of carbonyl (C=O) groups excluding carboxylic acids is 1. The molecule has 0 spiro atoms. The normalized spacial score (nSPS) is 19.7. The summed E-state index contributed by atoms with van der Waals surface area (Å²) in [5.41, 5.74) is 4.25. The number of aryl methyl sites for hydroxylation is 3. The second-order valence-electron chi connectivity index (χ2n) is 8.94. The Balaban J connectivity index is 1.33. The molecule has 2 aromatic heterocycles. The standard InChI is InChI=1S/C24H30N4O2/c1-16-9-10-20-19(15-30-23(20)17(16)2)13-22(29)27-11-6-7-18(14-27)24-26-25-21-8-4-3-5-12-28(21)24/h9-10,15,18H,3-8,11-14H2,1-2H3. The number of benzene rings is 1. The molecule has 1 fully saturated rings. The predicted octanol–water partition coefficient (Wildman–Crippen LogP) is 4.32. The first-order chi connectivity index (χ1) is 14.6. The van der Waals surface area contributed by atoms with E-state index < -0.39 is 0 Å². The lowest BCUT2D eigenvalue weighted by molar-refractivity contribution is -0.131. The van der Waals surface area contributed by atoms with Crippen LogP contribution in [0.1, 0.15) is 66.4 Å². The van der Waals surface area contributed by atoms with Crippen LogP contribution in [0.15, 0.2) is 22.8 Å². The zero-order chi connectivity index (χ0) is 20.7. The van der Waals surface area contributed by atoms with E-state index in [1.165, 1.54) is 24.8 Å². The molecule has 1 unspecified atom stereocenters. The van der Waals surface area contributed by atoms with Gasteiger partial charge < -0.3 is 13.9 Å². The van der Waals surface area contributed by atoms with Gasteiger partial charge in [-0.3, -0.25) is 4.79 Å². The molecule has 1 saturated heterocycles. The van der Waals surface area contributed by atoms with Gasteiger partial charge in [-0.05, 0) is 50.7 Å². The average molecular weight is 407 g/mol. The van der Waals surface area contributed by atoms with Gasteiger partial charge in [-0.25, -0.2) is 0 Å². The molecule has 1 amide bonds. The molecule has 1 aromatic carbocycles. The lowest BCUT2D eigenvalue weighted by Gasteiger charge is -2.32. The van der Waals surface area contributed by atoms with Crippen molar-refractivity contribution in [3.05, 3.63) is 46.7 Å². The molecule has 5 rings (SSSR count). The number of rotatable bonds is 3. The van der Waals surface area contributed by atoms with Gasteiger partial charge in [-0.15, -0.1) is 10.2 Å². The maximum atomic E-state index is 13.2. The number of piperidine rings is 1. The number of likely N-dealkylation sites (tertiary alicyclic amines) is 1. The van der Waals surface area contributed by atoms with Crippen molar-refractivity contribution in [3.8, 4) is 0 Å². The van der Waals surface area contributed by atoms with Crippen LogP contribution in [0, 0.1) is 13.8 Å². The van der Waals surface area contributed by atoms with Gasteiger partial charge in [0.05, 0.1) is 12.7 Å². The Bertz CT molecular complexity index is 1080. The molecule has 3 aromatic rings. The SMILES string of the molecule is Cc1ccc2c(CC(=O)N3CCCC(c4nnc5n4CCCCC5)C3)coc2c1C. The summed E-state index contributed by atoms with van der Waals surface area (Å²) in [6, 6.07) is 4.18. The Morgan fingerprint density at radius 1 is 1.13 bits per heavy atom. The van der Waals surface area contributed by atoms with Gasteiger partial charge >= 0.3 is 0 Å². The van der Waals surface area contributed by atoms with Crippen LogP contribution < -0.4 is 0 Å². The van der Waals surface area contributed by atoms with Gasteiger partial charge in [0.2, 0.25) is 5.91 Å². The minimum absolute atomic E-state index is 0.177.